The Balaban J connectivity index is 0.00000113. The van der Waals surface area contributed by atoms with E-state index in [2.05, 4.69) is 26.4 Å². The molecule has 1 aliphatic carbocycles. The molecule has 3 saturated heterocycles. The minimum absolute atomic E-state index is 0.00967. The van der Waals surface area contributed by atoms with Crippen LogP contribution in [0.3, 0.4) is 0 Å². The molecule has 4 N–H and O–H groups in total. The fraction of sp³-hybridized carbons (Fsp3) is 0.529. The number of nitrogens with zero attached hydrogens (tertiary/aromatic N) is 4. The van der Waals surface area contributed by atoms with Crippen molar-refractivity contribution in [3.8, 4) is 29.0 Å². The first kappa shape index (κ1) is 35.9. The van der Waals surface area contributed by atoms with Gasteiger partial charge in [-0.15, -0.1) is 0 Å². The van der Waals surface area contributed by atoms with Gasteiger partial charge in [-0.2, -0.15) is 14.0 Å². The average Bonchev–Trinajstić information content (AvgIpc) is 3.57. The number of benzene rings is 1. The molecule has 4 fully saturated rings. The lowest BCUT2D eigenvalue weighted by atomic mass is 9.69. The summed E-state index contributed by atoms with van der Waals surface area (Å²) in [5.74, 6) is -3.61. The molecule has 3 aromatic rings. The van der Waals surface area contributed by atoms with Crippen LogP contribution in [0.5, 0.6) is 11.6 Å². The highest BCUT2D eigenvalue weighted by Crippen LogP contribution is 2.51. The lowest BCUT2D eigenvalue weighted by Crippen LogP contribution is -2.60. The second-order valence-electron chi connectivity index (χ2n) is 12.3. The van der Waals surface area contributed by atoms with E-state index in [1.165, 1.54) is 6.92 Å². The molecule has 0 radical (unpaired) electrons. The summed E-state index contributed by atoms with van der Waals surface area (Å²) in [6.45, 7) is 10.9. The minimum Gasteiger partial charge on any atom is -0.472 e. The van der Waals surface area contributed by atoms with Crippen molar-refractivity contribution in [2.45, 2.75) is 97.2 Å². The van der Waals surface area contributed by atoms with Crippen molar-refractivity contribution >= 4 is 28.2 Å². The molecule has 6 heterocycles. The van der Waals surface area contributed by atoms with Crippen molar-refractivity contribution in [2.24, 2.45) is 0 Å². The molecule has 1 amide bonds. The SMILES string of the molecule is CC.CC.Cc1c(C(=O)NC23COC(C#N)(C2)C3)nc2c3c(nc(-c4cc(N)cc(F)c4OC(F)F)c(F)c13)O[C@@H](C)C1CNC(C)CN21. The number of nitrogen functional groups attached to an aromatic ring is 1. The number of nitrogens with one attached hydrogen (secondary N) is 2. The summed E-state index contributed by atoms with van der Waals surface area (Å²) in [7, 11) is 0. The summed E-state index contributed by atoms with van der Waals surface area (Å²) in [5, 5.41) is 15.9. The summed E-state index contributed by atoms with van der Waals surface area (Å²) in [4.78, 5) is 25.0. The van der Waals surface area contributed by atoms with Crippen LogP contribution in [0.25, 0.3) is 22.0 Å². The smallest absolute Gasteiger partial charge is 0.387 e. The number of hydrogen-bond acceptors (Lipinski definition) is 10. The number of amides is 1. The van der Waals surface area contributed by atoms with Crippen LogP contribution in [0.1, 0.15) is 70.4 Å². The van der Waals surface area contributed by atoms with Crippen LogP contribution in [0.2, 0.25) is 0 Å². The van der Waals surface area contributed by atoms with E-state index in [1.54, 1.807) is 6.92 Å². The van der Waals surface area contributed by atoms with E-state index in [4.69, 9.17) is 20.2 Å². The molecule has 2 aromatic heterocycles. The van der Waals surface area contributed by atoms with E-state index in [9.17, 15) is 23.2 Å². The maximum atomic E-state index is 16.9. The highest BCUT2D eigenvalue weighted by atomic mass is 19.3. The van der Waals surface area contributed by atoms with Crippen LogP contribution >= 0.6 is 0 Å². The molecular formula is C34H41F4N7O4. The molecule has 4 aliphatic heterocycles. The second-order valence-corrected chi connectivity index (χ2v) is 12.3. The van der Waals surface area contributed by atoms with Gasteiger partial charge in [0.25, 0.3) is 5.91 Å². The predicted molar refractivity (Wildman–Crippen MR) is 176 cm³/mol. The van der Waals surface area contributed by atoms with Crippen molar-refractivity contribution < 1.29 is 36.6 Å². The van der Waals surface area contributed by atoms with Crippen LogP contribution in [0.4, 0.5) is 29.1 Å². The van der Waals surface area contributed by atoms with Gasteiger partial charge < -0.3 is 35.5 Å². The number of ether oxygens (including phenoxy) is 3. The van der Waals surface area contributed by atoms with Gasteiger partial charge in [0.2, 0.25) is 5.88 Å². The molecule has 5 aliphatic rings. The Hall–Kier alpha value is -4.42. The molecule has 0 spiro atoms. The van der Waals surface area contributed by atoms with Gasteiger partial charge in [0.1, 0.15) is 23.3 Å². The molecule has 1 aromatic carbocycles. The zero-order valence-corrected chi connectivity index (χ0v) is 28.5. The van der Waals surface area contributed by atoms with Gasteiger partial charge in [0, 0.05) is 49.1 Å². The van der Waals surface area contributed by atoms with Gasteiger partial charge in [-0.1, -0.05) is 27.7 Å². The number of pyridine rings is 2. The Bertz CT molecular complexity index is 1810. The van der Waals surface area contributed by atoms with Gasteiger partial charge in [-0.3, -0.25) is 4.79 Å². The van der Waals surface area contributed by atoms with Crippen LogP contribution in [-0.4, -0.2) is 71.5 Å². The van der Waals surface area contributed by atoms with E-state index in [-0.39, 0.29) is 58.1 Å². The normalized spacial score (nSPS) is 26.1. The standard InChI is InChI=1S/C30H29F4N7O4.2C2H6/c1-12-7-41-18(6-37-12)14(3)44-27-20-19(21(32)23(39-27)16-4-15(36)5-17(31)24(16)45-28(33)34)13(2)22(38-25(20)41)26(42)40-29-8-30(9-29,10-35)43-11-29;2*1-2/h4-5,12,14,18,28,37H,6-9,11,36H2,1-3H3,(H,40,42);2*1-2H3/t12?,14-,18?,29?,30?;;/m0../s1. The molecular weight excluding hydrogens is 646 g/mol. The molecule has 11 nitrogen and oxygen atoms in total. The van der Waals surface area contributed by atoms with Crippen LogP contribution in [0, 0.1) is 29.9 Å². The maximum Gasteiger partial charge on any atom is 0.387 e. The number of halogens is 4. The number of anilines is 2. The summed E-state index contributed by atoms with van der Waals surface area (Å²) in [6, 6.07) is 3.72. The Morgan fingerprint density at radius 2 is 1.88 bits per heavy atom. The van der Waals surface area contributed by atoms with Crippen LogP contribution in [-0.2, 0) is 4.74 Å². The predicted octanol–water partition coefficient (Wildman–Crippen LogP) is 5.62. The highest BCUT2D eigenvalue weighted by Gasteiger charge is 2.64. The topological polar surface area (TPSA) is 148 Å². The van der Waals surface area contributed by atoms with Crippen LogP contribution < -0.4 is 30.7 Å². The average molecular weight is 688 g/mol. The molecule has 8 rings (SSSR count). The van der Waals surface area contributed by atoms with Gasteiger partial charge >= 0.3 is 6.61 Å². The Morgan fingerprint density at radius 1 is 1.18 bits per heavy atom. The van der Waals surface area contributed by atoms with Crippen molar-refractivity contribution in [1.82, 2.24) is 20.6 Å². The summed E-state index contributed by atoms with van der Waals surface area (Å²) >= 11 is 0. The number of aromatic nitrogens is 2. The molecule has 1 saturated carbocycles. The molecule has 264 valence electrons. The van der Waals surface area contributed by atoms with Crippen molar-refractivity contribution in [3.63, 3.8) is 0 Å². The van der Waals surface area contributed by atoms with E-state index >= 15 is 4.39 Å². The summed E-state index contributed by atoms with van der Waals surface area (Å²) in [5.41, 5.74) is 2.99. The maximum absolute atomic E-state index is 16.9. The van der Waals surface area contributed by atoms with E-state index < -0.39 is 58.4 Å². The summed E-state index contributed by atoms with van der Waals surface area (Å²) < 4.78 is 74.9. The number of nitrogens with two attached hydrogens (primary N) is 1. The molecule has 49 heavy (non-hydrogen) atoms. The quantitative estimate of drug-likeness (QED) is 0.228. The fourth-order valence-electron chi connectivity index (χ4n) is 7.06. The number of fused-ring (bicyclic) bond motifs is 3. The van der Waals surface area contributed by atoms with E-state index in [0.717, 1.165) is 12.1 Å². The van der Waals surface area contributed by atoms with Gasteiger partial charge in [-0.25, -0.2) is 18.7 Å². The second kappa shape index (κ2) is 13.5. The third kappa shape index (κ3) is 6.05. The van der Waals surface area contributed by atoms with Crippen molar-refractivity contribution in [3.05, 3.63) is 35.0 Å². The number of aryl methyl sites for hydroxylation is 1. The first-order chi connectivity index (χ1) is 23.3. The molecule has 2 bridgehead atoms. The number of carbonyl (C=O) groups is 1. The zero-order valence-electron chi connectivity index (χ0n) is 28.5. The Kier molecular flexibility index (Phi) is 9.86. The monoisotopic (exact) mass is 687 g/mol. The third-order valence-corrected chi connectivity index (χ3v) is 9.13. The van der Waals surface area contributed by atoms with Gasteiger partial charge in [0.05, 0.1) is 35.2 Å². The molecule has 15 heteroatoms. The number of nitriles is 1. The van der Waals surface area contributed by atoms with Gasteiger partial charge in [0.15, 0.2) is 23.0 Å². The van der Waals surface area contributed by atoms with Crippen LogP contribution in [0.15, 0.2) is 12.1 Å². The first-order valence-corrected chi connectivity index (χ1v) is 16.5. The summed E-state index contributed by atoms with van der Waals surface area (Å²) in [6.07, 6.45) is 0.0966. The molecule has 3 atom stereocenters. The molecule has 2 unspecified atom stereocenters. The zero-order chi connectivity index (χ0) is 36.0. The lowest BCUT2D eigenvalue weighted by Gasteiger charge is -2.41. The fourth-order valence-corrected chi connectivity index (χ4v) is 7.06. The van der Waals surface area contributed by atoms with Crippen molar-refractivity contribution in [2.75, 3.05) is 30.3 Å². The number of hydrogen-bond donors (Lipinski definition) is 3. The third-order valence-electron chi connectivity index (χ3n) is 9.13. The minimum atomic E-state index is -3.42. The van der Waals surface area contributed by atoms with Crippen molar-refractivity contribution in [1.29, 1.82) is 5.26 Å². The lowest BCUT2D eigenvalue weighted by molar-refractivity contribution is -0.0517. The Morgan fingerprint density at radius 3 is 2.51 bits per heavy atom. The Labute approximate surface area is 282 Å². The highest BCUT2D eigenvalue weighted by molar-refractivity contribution is 6.07. The number of carbonyl (C=O) groups excluding carboxylic acids is 1. The largest absolute Gasteiger partial charge is 0.472 e. The number of alkyl halides is 2. The number of piperazine rings is 1. The van der Waals surface area contributed by atoms with Gasteiger partial charge in [-0.05, 0) is 32.4 Å². The first-order valence-electron chi connectivity index (χ1n) is 16.5. The number of rotatable bonds is 5. The van der Waals surface area contributed by atoms with E-state index in [1.807, 2.05) is 39.5 Å². The van der Waals surface area contributed by atoms with E-state index in [0.29, 0.717) is 25.9 Å².